The Bertz CT molecular complexity index is 766. The van der Waals surface area contributed by atoms with Gasteiger partial charge in [0, 0.05) is 0 Å². The molecule has 1 N–H and O–H groups in total. The molecular weight excluding hydrogens is 334 g/mol. The summed E-state index contributed by atoms with van der Waals surface area (Å²) in [6.07, 6.45) is 5.97. The minimum absolute atomic E-state index is 0.0374. The fourth-order valence-corrected chi connectivity index (χ4v) is 3.70. The number of hydrogen-bond acceptors (Lipinski definition) is 2. The highest BCUT2D eigenvalue weighted by molar-refractivity contribution is 5.81. The zero-order valence-electron chi connectivity index (χ0n) is 16.8. The summed E-state index contributed by atoms with van der Waals surface area (Å²) in [5.74, 6) is 0.750. The van der Waals surface area contributed by atoms with E-state index in [2.05, 4.69) is 48.6 Å². The zero-order chi connectivity index (χ0) is 19.2. The van der Waals surface area contributed by atoms with Crippen LogP contribution in [0.4, 0.5) is 0 Å². The molecule has 0 spiro atoms. The number of rotatable bonds is 7. The van der Waals surface area contributed by atoms with Crippen molar-refractivity contribution in [2.24, 2.45) is 0 Å². The molecule has 3 heteroatoms. The number of amides is 1. The van der Waals surface area contributed by atoms with Gasteiger partial charge in [0.05, 0.1) is 6.04 Å². The number of fused-ring (bicyclic) bond motifs is 1. The van der Waals surface area contributed by atoms with Crippen molar-refractivity contribution in [2.75, 3.05) is 0 Å². The van der Waals surface area contributed by atoms with Crippen molar-refractivity contribution in [1.82, 2.24) is 5.32 Å². The number of aryl methyl sites for hydroxylation is 3. The summed E-state index contributed by atoms with van der Waals surface area (Å²) in [5, 5.41) is 3.10. The molecule has 144 valence electrons. The van der Waals surface area contributed by atoms with Crippen LogP contribution >= 0.6 is 0 Å². The highest BCUT2D eigenvalue weighted by Gasteiger charge is 2.21. The smallest absolute Gasteiger partial charge is 0.261 e. The molecule has 27 heavy (non-hydrogen) atoms. The molecule has 0 heterocycles. The topological polar surface area (TPSA) is 38.3 Å². The normalized spacial score (nSPS) is 15.5. The van der Waals surface area contributed by atoms with E-state index in [4.69, 9.17) is 4.74 Å². The molecule has 1 aliphatic rings. The molecule has 1 aliphatic carbocycles. The molecule has 0 saturated carbocycles. The second-order valence-corrected chi connectivity index (χ2v) is 7.48. The molecule has 0 bridgehead atoms. The van der Waals surface area contributed by atoms with Gasteiger partial charge in [0.25, 0.3) is 5.91 Å². The van der Waals surface area contributed by atoms with E-state index in [1.165, 1.54) is 29.5 Å². The lowest BCUT2D eigenvalue weighted by molar-refractivity contribution is -0.128. The monoisotopic (exact) mass is 365 g/mol. The number of benzene rings is 2. The quantitative estimate of drug-likeness (QED) is 0.736. The molecular formula is C24H31NO2. The van der Waals surface area contributed by atoms with Crippen LogP contribution in [-0.2, 0) is 24.1 Å². The van der Waals surface area contributed by atoms with E-state index < -0.39 is 6.10 Å². The van der Waals surface area contributed by atoms with E-state index in [-0.39, 0.29) is 11.9 Å². The van der Waals surface area contributed by atoms with Gasteiger partial charge in [-0.1, -0.05) is 44.2 Å². The lowest BCUT2D eigenvalue weighted by Gasteiger charge is -2.22. The largest absolute Gasteiger partial charge is 0.481 e. The molecule has 2 aromatic rings. The molecule has 3 nitrogen and oxygen atoms in total. The van der Waals surface area contributed by atoms with E-state index >= 15 is 0 Å². The second kappa shape index (κ2) is 9.07. The zero-order valence-corrected chi connectivity index (χ0v) is 16.8. The predicted octanol–water partition coefficient (Wildman–Crippen LogP) is 5.16. The molecule has 2 atom stereocenters. The van der Waals surface area contributed by atoms with Crippen LogP contribution in [0.15, 0.2) is 42.5 Å². The van der Waals surface area contributed by atoms with E-state index in [9.17, 15) is 4.79 Å². The first kappa shape index (κ1) is 19.5. The van der Waals surface area contributed by atoms with Crippen molar-refractivity contribution in [3.8, 4) is 5.75 Å². The van der Waals surface area contributed by atoms with Crippen molar-refractivity contribution < 1.29 is 9.53 Å². The summed E-state index contributed by atoms with van der Waals surface area (Å²) >= 11 is 0. The van der Waals surface area contributed by atoms with Gasteiger partial charge in [-0.2, -0.15) is 0 Å². The van der Waals surface area contributed by atoms with Crippen LogP contribution in [0.1, 0.15) is 68.3 Å². The van der Waals surface area contributed by atoms with Crippen LogP contribution in [0, 0.1) is 0 Å². The van der Waals surface area contributed by atoms with Crippen LogP contribution in [0.3, 0.4) is 0 Å². The number of carbonyl (C=O) groups excluding carboxylic acids is 1. The minimum atomic E-state index is -0.469. The van der Waals surface area contributed by atoms with Crippen molar-refractivity contribution in [2.45, 2.75) is 71.4 Å². The van der Waals surface area contributed by atoms with Gasteiger partial charge >= 0.3 is 0 Å². The molecule has 2 aromatic carbocycles. The molecule has 0 radical (unpaired) electrons. The second-order valence-electron chi connectivity index (χ2n) is 7.48. The fraction of sp³-hybridized carbons (Fsp3) is 0.458. The molecule has 1 amide bonds. The van der Waals surface area contributed by atoms with Gasteiger partial charge in [0.2, 0.25) is 0 Å². The lowest BCUT2D eigenvalue weighted by Crippen LogP contribution is -2.39. The Balaban J connectivity index is 1.63. The maximum atomic E-state index is 12.7. The van der Waals surface area contributed by atoms with E-state index in [0.717, 1.165) is 30.6 Å². The third kappa shape index (κ3) is 4.91. The van der Waals surface area contributed by atoms with Gasteiger partial charge in [-0.3, -0.25) is 4.79 Å². The predicted molar refractivity (Wildman–Crippen MR) is 110 cm³/mol. The average molecular weight is 366 g/mol. The lowest BCUT2D eigenvalue weighted by atomic mass is 9.92. The van der Waals surface area contributed by atoms with Crippen molar-refractivity contribution >= 4 is 5.91 Å². The molecule has 0 aromatic heterocycles. The Morgan fingerprint density at radius 2 is 1.74 bits per heavy atom. The highest BCUT2D eigenvalue weighted by atomic mass is 16.5. The molecule has 0 fully saturated rings. The summed E-state index contributed by atoms with van der Waals surface area (Å²) < 4.78 is 6.05. The average Bonchev–Trinajstić information content (AvgIpc) is 2.71. The Hall–Kier alpha value is -2.29. The molecule has 0 unspecified atom stereocenters. The maximum absolute atomic E-state index is 12.7. The van der Waals surface area contributed by atoms with Gasteiger partial charge < -0.3 is 10.1 Å². The van der Waals surface area contributed by atoms with E-state index in [0.29, 0.717) is 6.42 Å². The summed E-state index contributed by atoms with van der Waals surface area (Å²) in [6.45, 7) is 6.15. The molecule has 0 saturated heterocycles. The summed E-state index contributed by atoms with van der Waals surface area (Å²) in [7, 11) is 0. The van der Waals surface area contributed by atoms with Crippen LogP contribution < -0.4 is 10.1 Å². The van der Waals surface area contributed by atoms with Crippen LogP contribution in [-0.4, -0.2) is 12.0 Å². The molecule has 3 rings (SSSR count). The van der Waals surface area contributed by atoms with Gasteiger partial charge in [0.1, 0.15) is 5.75 Å². The van der Waals surface area contributed by atoms with Crippen LogP contribution in [0.2, 0.25) is 0 Å². The third-order valence-corrected chi connectivity index (χ3v) is 5.51. The van der Waals surface area contributed by atoms with Crippen molar-refractivity contribution in [3.05, 3.63) is 64.7 Å². The van der Waals surface area contributed by atoms with E-state index in [1.807, 2.05) is 19.9 Å². The van der Waals surface area contributed by atoms with Crippen LogP contribution in [0.5, 0.6) is 5.75 Å². The Labute approximate surface area is 163 Å². The summed E-state index contributed by atoms with van der Waals surface area (Å²) in [5.41, 5.74) is 5.22. The van der Waals surface area contributed by atoms with Crippen molar-refractivity contribution in [1.29, 1.82) is 0 Å². The SMILES string of the molecule is CCc1ccc([C@@H](C)NC(=O)[C@H](CC)Oc2ccc3c(c2)CCCC3)cc1. The highest BCUT2D eigenvalue weighted by Crippen LogP contribution is 2.26. The van der Waals surface area contributed by atoms with Gasteiger partial charge in [-0.15, -0.1) is 0 Å². The van der Waals surface area contributed by atoms with Crippen LogP contribution in [0.25, 0.3) is 0 Å². The van der Waals surface area contributed by atoms with Gasteiger partial charge in [-0.25, -0.2) is 0 Å². The summed E-state index contributed by atoms with van der Waals surface area (Å²) in [4.78, 5) is 12.7. The maximum Gasteiger partial charge on any atom is 0.261 e. The first-order valence-corrected chi connectivity index (χ1v) is 10.3. The Morgan fingerprint density at radius 3 is 2.41 bits per heavy atom. The third-order valence-electron chi connectivity index (χ3n) is 5.51. The first-order valence-electron chi connectivity index (χ1n) is 10.3. The number of ether oxygens (including phenoxy) is 1. The number of nitrogens with one attached hydrogen (secondary N) is 1. The fourth-order valence-electron chi connectivity index (χ4n) is 3.70. The minimum Gasteiger partial charge on any atom is -0.481 e. The van der Waals surface area contributed by atoms with Crippen molar-refractivity contribution in [3.63, 3.8) is 0 Å². The van der Waals surface area contributed by atoms with Gasteiger partial charge in [0.15, 0.2) is 6.10 Å². The standard InChI is InChI=1S/C24H31NO2/c1-4-18-10-12-19(13-11-18)17(3)25-24(26)23(5-2)27-22-15-14-20-8-6-7-9-21(20)16-22/h10-17,23H,4-9H2,1-3H3,(H,25,26)/t17-,23+/m1/s1. The Kier molecular flexibility index (Phi) is 6.54. The Morgan fingerprint density at radius 1 is 1.04 bits per heavy atom. The van der Waals surface area contributed by atoms with Gasteiger partial charge in [-0.05, 0) is 79.8 Å². The van der Waals surface area contributed by atoms with E-state index in [1.54, 1.807) is 0 Å². The number of hydrogen-bond donors (Lipinski definition) is 1. The first-order chi connectivity index (χ1) is 13.1. The molecule has 0 aliphatic heterocycles. The number of carbonyl (C=O) groups is 1. The summed E-state index contributed by atoms with van der Waals surface area (Å²) in [6, 6.07) is 14.7.